The van der Waals surface area contributed by atoms with Crippen LogP contribution < -0.4 is 10.6 Å². The highest BCUT2D eigenvalue weighted by Crippen LogP contribution is 2.26. The fourth-order valence-corrected chi connectivity index (χ4v) is 4.67. The zero-order valence-corrected chi connectivity index (χ0v) is 17.3. The molecule has 0 radical (unpaired) electrons. The number of carboxylic acid groups (broad SMARTS) is 1. The molecule has 0 aromatic heterocycles. The maximum absolute atomic E-state index is 12.9. The van der Waals surface area contributed by atoms with Crippen molar-refractivity contribution in [2.24, 2.45) is 0 Å². The molecular formula is C19H24ClN3O5S. The molecule has 0 bridgehead atoms. The average Bonchev–Trinajstić information content (AvgIpc) is 3.35. The number of rotatable bonds is 7. The molecular weight excluding hydrogens is 418 g/mol. The number of halogens is 1. The van der Waals surface area contributed by atoms with Crippen molar-refractivity contribution in [3.63, 3.8) is 0 Å². The zero-order valence-electron chi connectivity index (χ0n) is 15.7. The van der Waals surface area contributed by atoms with Crippen LogP contribution in [-0.2, 0) is 14.4 Å². The van der Waals surface area contributed by atoms with E-state index in [9.17, 15) is 24.6 Å². The zero-order chi connectivity index (χ0) is 21.0. The number of nitrogens with zero attached hydrogens (tertiary/aromatic N) is 1. The van der Waals surface area contributed by atoms with Crippen molar-refractivity contribution >= 4 is 41.1 Å². The van der Waals surface area contributed by atoms with E-state index in [4.69, 9.17) is 11.6 Å². The van der Waals surface area contributed by atoms with Crippen molar-refractivity contribution in [3.05, 3.63) is 34.9 Å². The van der Waals surface area contributed by atoms with Crippen molar-refractivity contribution in [2.45, 2.75) is 36.9 Å². The number of hydrogen-bond donors (Lipinski definition) is 4. The van der Waals surface area contributed by atoms with Gasteiger partial charge in [0.2, 0.25) is 11.8 Å². The van der Waals surface area contributed by atoms with Crippen LogP contribution in [0.3, 0.4) is 0 Å². The van der Waals surface area contributed by atoms with Crippen LogP contribution >= 0.6 is 23.4 Å². The Hall–Kier alpha value is -1.81. The van der Waals surface area contributed by atoms with Gasteiger partial charge in [0.25, 0.3) is 0 Å². The lowest BCUT2D eigenvalue weighted by atomic mass is 9.94. The fraction of sp³-hybridized carbons (Fsp3) is 0.526. The van der Waals surface area contributed by atoms with E-state index in [0.29, 0.717) is 10.8 Å². The van der Waals surface area contributed by atoms with Gasteiger partial charge in [-0.3, -0.25) is 14.9 Å². The van der Waals surface area contributed by atoms with Crippen molar-refractivity contribution in [1.82, 2.24) is 15.5 Å². The Kier molecular flexibility index (Phi) is 7.39. The minimum absolute atomic E-state index is 0.00128. The van der Waals surface area contributed by atoms with Crippen LogP contribution in [0.1, 0.15) is 24.3 Å². The monoisotopic (exact) mass is 441 g/mol. The van der Waals surface area contributed by atoms with Gasteiger partial charge >= 0.3 is 5.97 Å². The van der Waals surface area contributed by atoms with Gasteiger partial charge in [0.05, 0.1) is 12.1 Å². The smallest absolute Gasteiger partial charge is 0.326 e. The lowest BCUT2D eigenvalue weighted by Gasteiger charge is -2.25. The number of hydrogen-bond acceptors (Lipinski definition) is 6. The second-order valence-electron chi connectivity index (χ2n) is 7.26. The molecule has 0 aliphatic carbocycles. The number of carbonyl (C=O) groups excluding carboxylic acids is 2. The van der Waals surface area contributed by atoms with E-state index in [1.807, 2.05) is 0 Å². The Morgan fingerprint density at radius 1 is 1.31 bits per heavy atom. The Bertz CT molecular complexity index is 757. The second-order valence-corrected chi connectivity index (χ2v) is 8.73. The normalized spacial score (nSPS) is 25.0. The number of nitrogens with one attached hydrogen (secondary N) is 2. The first-order valence-corrected chi connectivity index (χ1v) is 10.9. The van der Waals surface area contributed by atoms with Gasteiger partial charge in [0, 0.05) is 48.5 Å². The molecule has 2 heterocycles. The van der Waals surface area contributed by atoms with Gasteiger partial charge in [-0.15, -0.1) is 11.8 Å². The number of thioether (sulfide) groups is 1. The topological polar surface area (TPSA) is 119 Å². The minimum atomic E-state index is -1.13. The summed E-state index contributed by atoms with van der Waals surface area (Å²) in [4.78, 5) is 37.8. The van der Waals surface area contributed by atoms with Crippen LogP contribution in [0.25, 0.3) is 0 Å². The Labute approximate surface area is 178 Å². The first kappa shape index (κ1) is 21.9. The molecule has 2 amide bonds. The van der Waals surface area contributed by atoms with E-state index in [1.54, 1.807) is 36.0 Å². The Morgan fingerprint density at radius 2 is 2.03 bits per heavy atom. The summed E-state index contributed by atoms with van der Waals surface area (Å²) in [6.07, 6.45) is -0.806. The number of aliphatic carboxylic acids is 1. The molecule has 10 heteroatoms. The van der Waals surface area contributed by atoms with E-state index >= 15 is 0 Å². The highest BCUT2D eigenvalue weighted by molar-refractivity contribution is 7.99. The maximum Gasteiger partial charge on any atom is 0.326 e. The second kappa shape index (κ2) is 9.80. The summed E-state index contributed by atoms with van der Waals surface area (Å²) in [5.74, 6) is -0.534. The summed E-state index contributed by atoms with van der Waals surface area (Å²) in [6.45, 7) is 0.238. The predicted octanol–water partition coefficient (Wildman–Crippen LogP) is 0.639. The molecule has 4 N–H and O–H groups in total. The maximum atomic E-state index is 12.9. The highest BCUT2D eigenvalue weighted by Gasteiger charge is 2.39. The summed E-state index contributed by atoms with van der Waals surface area (Å²) in [5.41, 5.74) is 0.823. The molecule has 2 saturated heterocycles. The number of carboxylic acids is 1. The molecule has 29 heavy (non-hydrogen) atoms. The molecule has 0 saturated carbocycles. The molecule has 4 atom stereocenters. The molecule has 3 rings (SSSR count). The van der Waals surface area contributed by atoms with Gasteiger partial charge in [-0.2, -0.15) is 0 Å². The highest BCUT2D eigenvalue weighted by atomic mass is 35.5. The van der Waals surface area contributed by atoms with Crippen LogP contribution in [0.15, 0.2) is 24.3 Å². The van der Waals surface area contributed by atoms with Gasteiger partial charge in [0.15, 0.2) is 0 Å². The summed E-state index contributed by atoms with van der Waals surface area (Å²) in [6, 6.07) is 5.73. The van der Waals surface area contributed by atoms with E-state index in [1.165, 1.54) is 4.90 Å². The minimum Gasteiger partial charge on any atom is -0.480 e. The molecule has 2 aliphatic heterocycles. The molecule has 158 valence electrons. The molecule has 1 aromatic carbocycles. The Balaban J connectivity index is 1.70. The average molecular weight is 442 g/mol. The van der Waals surface area contributed by atoms with E-state index in [0.717, 1.165) is 11.4 Å². The Morgan fingerprint density at radius 3 is 2.66 bits per heavy atom. The predicted molar refractivity (Wildman–Crippen MR) is 110 cm³/mol. The number of aliphatic hydroxyl groups is 1. The van der Waals surface area contributed by atoms with E-state index < -0.39 is 18.1 Å². The molecule has 0 spiro atoms. The number of benzene rings is 1. The third-order valence-corrected chi connectivity index (χ3v) is 6.39. The van der Waals surface area contributed by atoms with Gasteiger partial charge in [-0.05, 0) is 17.7 Å². The van der Waals surface area contributed by atoms with Gasteiger partial charge in [0.1, 0.15) is 6.04 Å². The lowest BCUT2D eigenvalue weighted by Crippen LogP contribution is -2.44. The van der Waals surface area contributed by atoms with Gasteiger partial charge < -0.3 is 20.4 Å². The first-order chi connectivity index (χ1) is 13.8. The summed E-state index contributed by atoms with van der Waals surface area (Å²) in [5, 5.41) is 25.7. The van der Waals surface area contributed by atoms with Crippen molar-refractivity contribution in [2.75, 3.05) is 24.7 Å². The van der Waals surface area contributed by atoms with E-state index in [-0.39, 0.29) is 49.7 Å². The molecule has 8 nitrogen and oxygen atoms in total. The third-order valence-electron chi connectivity index (χ3n) is 5.20. The first-order valence-electron chi connectivity index (χ1n) is 9.39. The summed E-state index contributed by atoms with van der Waals surface area (Å²) < 4.78 is 0. The molecule has 1 aromatic rings. The number of amides is 2. The standard InChI is InChI=1S/C19H24ClN3O5S/c20-13-3-1-11(2-4-13)12(7-21-18(26)15-9-29-10-22-15)5-17(25)23-8-14(24)6-16(23)19(27)28/h1-4,12,14-16,22,24H,5-10H2,(H,21,26)(H,27,28)/t12-,14?,15-,16-/m0/s1. The number of β-amino-alcohol motifs (C(OH)–C–C–N with tert-alkyl or cyclic N) is 1. The van der Waals surface area contributed by atoms with Gasteiger partial charge in [-0.1, -0.05) is 23.7 Å². The van der Waals surface area contributed by atoms with Crippen LogP contribution in [0.2, 0.25) is 5.02 Å². The van der Waals surface area contributed by atoms with E-state index in [2.05, 4.69) is 10.6 Å². The number of carbonyl (C=O) groups is 3. The van der Waals surface area contributed by atoms with Crippen LogP contribution in [-0.4, -0.2) is 75.8 Å². The SMILES string of the molecule is O=C(NC[C@H](CC(=O)N1CC(O)C[C@H]1C(=O)O)c1ccc(Cl)cc1)[C@@H]1CSCN1. The quantitative estimate of drug-likeness (QED) is 0.490. The third kappa shape index (κ3) is 5.63. The van der Waals surface area contributed by atoms with Gasteiger partial charge in [-0.25, -0.2) is 4.79 Å². The van der Waals surface area contributed by atoms with Crippen LogP contribution in [0.4, 0.5) is 0 Å². The summed E-state index contributed by atoms with van der Waals surface area (Å²) in [7, 11) is 0. The number of likely N-dealkylation sites (tertiary alicyclic amines) is 1. The molecule has 2 fully saturated rings. The fourth-order valence-electron chi connectivity index (χ4n) is 3.60. The summed E-state index contributed by atoms with van der Waals surface area (Å²) >= 11 is 7.61. The van der Waals surface area contributed by atoms with Crippen LogP contribution in [0, 0.1) is 0 Å². The molecule has 2 aliphatic rings. The molecule has 1 unspecified atom stereocenters. The van der Waals surface area contributed by atoms with Crippen molar-refractivity contribution in [1.29, 1.82) is 0 Å². The number of aliphatic hydroxyl groups excluding tert-OH is 1. The van der Waals surface area contributed by atoms with Crippen molar-refractivity contribution in [3.8, 4) is 0 Å². The lowest BCUT2D eigenvalue weighted by molar-refractivity contribution is -0.148. The van der Waals surface area contributed by atoms with Crippen LogP contribution in [0.5, 0.6) is 0 Å². The largest absolute Gasteiger partial charge is 0.480 e. The van der Waals surface area contributed by atoms with Crippen molar-refractivity contribution < 1.29 is 24.6 Å².